The van der Waals surface area contributed by atoms with E-state index in [1.807, 2.05) is 18.5 Å². The van der Waals surface area contributed by atoms with Crippen LogP contribution in [-0.4, -0.2) is 17.4 Å². The summed E-state index contributed by atoms with van der Waals surface area (Å²) < 4.78 is 0. The van der Waals surface area contributed by atoms with E-state index in [1.54, 1.807) is 0 Å². The summed E-state index contributed by atoms with van der Waals surface area (Å²) in [7, 11) is 0. The van der Waals surface area contributed by atoms with Gasteiger partial charge in [-0.2, -0.15) is 0 Å². The van der Waals surface area contributed by atoms with Crippen LogP contribution in [0.5, 0.6) is 0 Å². The highest BCUT2D eigenvalue weighted by molar-refractivity contribution is 5.81. The molecule has 4 N–H and O–H groups in total. The highest BCUT2D eigenvalue weighted by Crippen LogP contribution is 2.37. The first kappa shape index (κ1) is 11.2. The van der Waals surface area contributed by atoms with E-state index in [0.717, 1.165) is 32.2 Å². The Morgan fingerprint density at radius 3 is 2.81 bits per heavy atom. The lowest BCUT2D eigenvalue weighted by atomic mass is 9.85. The van der Waals surface area contributed by atoms with Crippen molar-refractivity contribution < 1.29 is 4.79 Å². The van der Waals surface area contributed by atoms with E-state index >= 15 is 0 Å². The maximum atomic E-state index is 11.5. The largest absolute Gasteiger partial charge is 0.369 e. The Morgan fingerprint density at radius 1 is 1.50 bits per heavy atom. The van der Waals surface area contributed by atoms with E-state index in [-0.39, 0.29) is 11.3 Å². The van der Waals surface area contributed by atoms with Crippen molar-refractivity contribution in [3.05, 3.63) is 24.0 Å². The molecule has 1 amide bonds. The van der Waals surface area contributed by atoms with Crippen molar-refractivity contribution in [2.24, 2.45) is 11.1 Å². The number of hydrogen-bond acceptors (Lipinski definition) is 2. The van der Waals surface area contributed by atoms with Crippen molar-refractivity contribution in [2.45, 2.75) is 32.2 Å². The molecule has 1 heterocycles. The molecule has 0 aliphatic heterocycles. The molecule has 1 aromatic rings. The second-order valence-electron chi connectivity index (χ2n) is 4.67. The quantitative estimate of drug-likeness (QED) is 0.698. The van der Waals surface area contributed by atoms with Gasteiger partial charge in [-0.25, -0.2) is 0 Å². The van der Waals surface area contributed by atoms with Gasteiger partial charge in [0, 0.05) is 25.5 Å². The molecule has 0 bridgehead atoms. The van der Waals surface area contributed by atoms with Gasteiger partial charge in [0.25, 0.3) is 0 Å². The minimum atomic E-state index is -0.295. The fraction of sp³-hybridized carbons (Fsp3) is 0.583. The van der Waals surface area contributed by atoms with Crippen molar-refractivity contribution in [1.29, 1.82) is 0 Å². The molecule has 1 aliphatic rings. The molecular weight excluding hydrogens is 202 g/mol. The van der Waals surface area contributed by atoms with Crippen LogP contribution in [0.3, 0.4) is 0 Å². The van der Waals surface area contributed by atoms with Gasteiger partial charge in [-0.1, -0.05) is 12.8 Å². The third-order valence-electron chi connectivity index (χ3n) is 3.54. The first-order chi connectivity index (χ1) is 7.73. The predicted octanol–water partition coefficient (Wildman–Crippen LogP) is 1.15. The Labute approximate surface area is 95.6 Å². The number of nitrogens with two attached hydrogens (primary N) is 1. The summed E-state index contributed by atoms with van der Waals surface area (Å²) in [4.78, 5) is 14.5. The molecule has 0 unspecified atom stereocenters. The van der Waals surface area contributed by atoms with Crippen LogP contribution >= 0.6 is 0 Å². The Hall–Kier alpha value is -1.29. The van der Waals surface area contributed by atoms with E-state index in [0.29, 0.717) is 6.54 Å². The number of primary amides is 1. The number of amides is 1. The van der Waals surface area contributed by atoms with Crippen LogP contribution in [0.1, 0.15) is 31.2 Å². The van der Waals surface area contributed by atoms with Crippen molar-refractivity contribution in [3.8, 4) is 0 Å². The zero-order valence-corrected chi connectivity index (χ0v) is 9.46. The Bertz CT molecular complexity index is 339. The zero-order valence-electron chi connectivity index (χ0n) is 9.46. The van der Waals surface area contributed by atoms with Crippen LogP contribution < -0.4 is 11.1 Å². The molecule has 4 nitrogen and oxygen atoms in total. The summed E-state index contributed by atoms with van der Waals surface area (Å²) in [5, 5.41) is 3.33. The van der Waals surface area contributed by atoms with Crippen molar-refractivity contribution in [2.75, 3.05) is 6.54 Å². The van der Waals surface area contributed by atoms with Gasteiger partial charge in [-0.05, 0) is 24.5 Å². The fourth-order valence-corrected chi connectivity index (χ4v) is 2.48. The van der Waals surface area contributed by atoms with Crippen LogP contribution in [0.2, 0.25) is 0 Å². The predicted molar refractivity (Wildman–Crippen MR) is 62.6 cm³/mol. The molecule has 0 radical (unpaired) electrons. The molecule has 0 spiro atoms. The van der Waals surface area contributed by atoms with Gasteiger partial charge < -0.3 is 16.0 Å². The van der Waals surface area contributed by atoms with E-state index in [2.05, 4.69) is 10.3 Å². The van der Waals surface area contributed by atoms with E-state index in [9.17, 15) is 4.79 Å². The van der Waals surface area contributed by atoms with Crippen LogP contribution in [0.25, 0.3) is 0 Å². The number of H-pyrrole nitrogens is 1. The van der Waals surface area contributed by atoms with Gasteiger partial charge in [0.1, 0.15) is 0 Å². The number of rotatable bonds is 5. The zero-order chi connectivity index (χ0) is 11.4. The molecule has 2 rings (SSSR count). The Balaban J connectivity index is 1.85. The molecule has 1 saturated carbocycles. The van der Waals surface area contributed by atoms with E-state index in [1.165, 1.54) is 5.56 Å². The van der Waals surface area contributed by atoms with E-state index in [4.69, 9.17) is 5.73 Å². The number of hydrogen-bond donors (Lipinski definition) is 3. The monoisotopic (exact) mass is 221 g/mol. The molecule has 1 fully saturated rings. The number of aromatic amines is 1. The average Bonchev–Trinajstić information content (AvgIpc) is 2.88. The third kappa shape index (κ3) is 2.27. The molecule has 0 atom stereocenters. The summed E-state index contributed by atoms with van der Waals surface area (Å²) >= 11 is 0. The average molecular weight is 221 g/mol. The summed E-state index contributed by atoms with van der Waals surface area (Å²) in [5.41, 5.74) is 6.42. The van der Waals surface area contributed by atoms with Crippen LogP contribution in [-0.2, 0) is 11.3 Å². The van der Waals surface area contributed by atoms with Gasteiger partial charge in [-0.15, -0.1) is 0 Å². The summed E-state index contributed by atoms with van der Waals surface area (Å²) in [6, 6.07) is 2.03. The molecule has 1 aromatic heterocycles. The smallest absolute Gasteiger partial charge is 0.224 e. The summed E-state index contributed by atoms with van der Waals surface area (Å²) in [6.07, 6.45) is 7.96. The lowest BCUT2D eigenvalue weighted by Crippen LogP contribution is -2.42. The van der Waals surface area contributed by atoms with Crippen LogP contribution in [0.15, 0.2) is 18.5 Å². The number of carbonyl (C=O) groups excluding carboxylic acids is 1. The Kier molecular flexibility index (Phi) is 3.29. The first-order valence-electron chi connectivity index (χ1n) is 5.85. The van der Waals surface area contributed by atoms with Crippen molar-refractivity contribution in [1.82, 2.24) is 10.3 Å². The van der Waals surface area contributed by atoms with Gasteiger partial charge in [0.15, 0.2) is 0 Å². The molecule has 4 heteroatoms. The number of aromatic nitrogens is 1. The lowest BCUT2D eigenvalue weighted by Gasteiger charge is -2.25. The summed E-state index contributed by atoms with van der Waals surface area (Å²) in [5.74, 6) is -0.147. The molecule has 1 aliphatic carbocycles. The molecule has 88 valence electrons. The highest BCUT2D eigenvalue weighted by atomic mass is 16.1. The molecule has 16 heavy (non-hydrogen) atoms. The topological polar surface area (TPSA) is 70.9 Å². The SMILES string of the molecule is NC(=O)C1(CNCc2cc[nH]c2)CCCC1. The van der Waals surface area contributed by atoms with Gasteiger partial charge in [-0.3, -0.25) is 4.79 Å². The molecule has 0 aromatic carbocycles. The van der Waals surface area contributed by atoms with Crippen LogP contribution in [0.4, 0.5) is 0 Å². The normalized spacial score (nSPS) is 18.8. The molecule has 0 saturated heterocycles. The fourth-order valence-electron chi connectivity index (χ4n) is 2.48. The minimum Gasteiger partial charge on any atom is -0.369 e. The Morgan fingerprint density at radius 2 is 2.25 bits per heavy atom. The minimum absolute atomic E-state index is 0.147. The number of nitrogens with one attached hydrogen (secondary N) is 2. The standard InChI is InChI=1S/C12H19N3O/c13-11(16)12(4-1-2-5-12)9-15-8-10-3-6-14-7-10/h3,6-7,14-15H,1-2,4-5,8-9H2,(H2,13,16). The second kappa shape index (κ2) is 4.70. The molecular formula is C12H19N3O. The maximum Gasteiger partial charge on any atom is 0.224 e. The second-order valence-corrected chi connectivity index (χ2v) is 4.67. The maximum absolute atomic E-state index is 11.5. The first-order valence-corrected chi connectivity index (χ1v) is 5.85. The van der Waals surface area contributed by atoms with Crippen molar-refractivity contribution >= 4 is 5.91 Å². The van der Waals surface area contributed by atoms with Gasteiger partial charge in [0.05, 0.1) is 5.41 Å². The van der Waals surface area contributed by atoms with Crippen LogP contribution in [0, 0.1) is 5.41 Å². The summed E-state index contributed by atoms with van der Waals surface area (Å²) in [6.45, 7) is 1.49. The third-order valence-corrected chi connectivity index (χ3v) is 3.54. The highest BCUT2D eigenvalue weighted by Gasteiger charge is 2.38. The van der Waals surface area contributed by atoms with E-state index < -0.39 is 0 Å². The van der Waals surface area contributed by atoms with Gasteiger partial charge >= 0.3 is 0 Å². The number of carbonyl (C=O) groups is 1. The lowest BCUT2D eigenvalue weighted by molar-refractivity contribution is -0.127. The van der Waals surface area contributed by atoms with Crippen molar-refractivity contribution in [3.63, 3.8) is 0 Å². The van der Waals surface area contributed by atoms with Gasteiger partial charge in [0.2, 0.25) is 5.91 Å².